The van der Waals surface area contributed by atoms with Crippen molar-refractivity contribution >= 4 is 0 Å². The van der Waals surface area contributed by atoms with E-state index in [-0.39, 0.29) is 0 Å². The standard InChI is InChI=1S/C17H18O/c1-13-6-5-7-14-10-11-16(12-17(13)14)18-15-8-3-2-4-9-15/h2-4,8-13H,5-7H2,1H3. The Morgan fingerprint density at radius 3 is 2.67 bits per heavy atom. The molecule has 92 valence electrons. The third-order valence-corrected chi connectivity index (χ3v) is 3.71. The zero-order valence-corrected chi connectivity index (χ0v) is 10.7. The van der Waals surface area contributed by atoms with Crippen LogP contribution in [0.1, 0.15) is 36.8 Å². The first-order chi connectivity index (χ1) is 8.83. The van der Waals surface area contributed by atoms with Crippen LogP contribution in [0.3, 0.4) is 0 Å². The molecule has 0 saturated heterocycles. The maximum absolute atomic E-state index is 5.89. The molecule has 0 spiro atoms. The second-order valence-corrected chi connectivity index (χ2v) is 5.07. The number of benzene rings is 2. The highest BCUT2D eigenvalue weighted by atomic mass is 16.5. The first-order valence-corrected chi connectivity index (χ1v) is 6.68. The van der Waals surface area contributed by atoms with Crippen LogP contribution in [-0.4, -0.2) is 0 Å². The van der Waals surface area contributed by atoms with E-state index in [1.54, 1.807) is 0 Å². The summed E-state index contributed by atoms with van der Waals surface area (Å²) < 4.78 is 5.89. The van der Waals surface area contributed by atoms with Crippen molar-refractivity contribution in [1.82, 2.24) is 0 Å². The predicted octanol–water partition coefficient (Wildman–Crippen LogP) is 4.92. The Hall–Kier alpha value is -1.76. The molecule has 1 aliphatic carbocycles. The van der Waals surface area contributed by atoms with Gasteiger partial charge in [-0.1, -0.05) is 31.2 Å². The van der Waals surface area contributed by atoms with Gasteiger partial charge in [-0.05, 0) is 60.6 Å². The van der Waals surface area contributed by atoms with Crippen LogP contribution in [0.2, 0.25) is 0 Å². The Morgan fingerprint density at radius 2 is 1.83 bits per heavy atom. The van der Waals surface area contributed by atoms with Gasteiger partial charge < -0.3 is 4.74 Å². The average Bonchev–Trinajstić information content (AvgIpc) is 2.41. The van der Waals surface area contributed by atoms with Gasteiger partial charge in [0.2, 0.25) is 0 Å². The van der Waals surface area contributed by atoms with Gasteiger partial charge in [-0.25, -0.2) is 0 Å². The van der Waals surface area contributed by atoms with Crippen LogP contribution in [0, 0.1) is 0 Å². The third-order valence-electron chi connectivity index (χ3n) is 3.71. The van der Waals surface area contributed by atoms with Gasteiger partial charge in [-0.15, -0.1) is 0 Å². The van der Waals surface area contributed by atoms with Gasteiger partial charge in [0.05, 0.1) is 0 Å². The number of hydrogen-bond acceptors (Lipinski definition) is 1. The van der Waals surface area contributed by atoms with Gasteiger partial charge in [0.1, 0.15) is 11.5 Å². The third kappa shape index (κ3) is 2.26. The molecule has 1 atom stereocenters. The molecule has 0 heterocycles. The molecule has 0 radical (unpaired) electrons. The van der Waals surface area contributed by atoms with Gasteiger partial charge in [0.15, 0.2) is 0 Å². The molecule has 0 amide bonds. The monoisotopic (exact) mass is 238 g/mol. The summed E-state index contributed by atoms with van der Waals surface area (Å²) in [5, 5.41) is 0. The molecule has 0 saturated carbocycles. The van der Waals surface area contributed by atoms with E-state index >= 15 is 0 Å². The van der Waals surface area contributed by atoms with Crippen molar-refractivity contribution in [3.63, 3.8) is 0 Å². The molecular weight excluding hydrogens is 220 g/mol. The summed E-state index contributed by atoms with van der Waals surface area (Å²) in [6.07, 6.45) is 3.82. The first kappa shape index (κ1) is 11.3. The lowest BCUT2D eigenvalue weighted by atomic mass is 9.84. The molecule has 0 aliphatic heterocycles. The molecule has 0 fully saturated rings. The van der Waals surface area contributed by atoms with E-state index in [0.29, 0.717) is 5.92 Å². The van der Waals surface area contributed by atoms with Crippen molar-refractivity contribution in [3.8, 4) is 11.5 Å². The minimum Gasteiger partial charge on any atom is -0.457 e. The van der Waals surface area contributed by atoms with Crippen LogP contribution >= 0.6 is 0 Å². The van der Waals surface area contributed by atoms with E-state index < -0.39 is 0 Å². The van der Waals surface area contributed by atoms with Crippen LogP contribution in [-0.2, 0) is 6.42 Å². The fourth-order valence-electron chi connectivity index (χ4n) is 2.70. The molecule has 3 rings (SSSR count). The number of hydrogen-bond donors (Lipinski definition) is 0. The summed E-state index contributed by atoms with van der Waals surface area (Å²) in [6.45, 7) is 2.31. The number of para-hydroxylation sites is 1. The van der Waals surface area contributed by atoms with Crippen LogP contribution in [0.15, 0.2) is 48.5 Å². The van der Waals surface area contributed by atoms with Crippen molar-refractivity contribution in [1.29, 1.82) is 0 Å². The van der Waals surface area contributed by atoms with E-state index in [1.807, 2.05) is 30.3 Å². The number of fused-ring (bicyclic) bond motifs is 1. The zero-order valence-electron chi connectivity index (χ0n) is 10.7. The number of aryl methyl sites for hydroxylation is 1. The summed E-state index contributed by atoms with van der Waals surface area (Å²) in [7, 11) is 0. The van der Waals surface area contributed by atoms with E-state index in [4.69, 9.17) is 4.74 Å². The Balaban J connectivity index is 1.88. The summed E-state index contributed by atoms with van der Waals surface area (Å²) in [5.74, 6) is 2.52. The van der Waals surface area contributed by atoms with Gasteiger partial charge in [-0.2, -0.15) is 0 Å². The van der Waals surface area contributed by atoms with Crippen molar-refractivity contribution < 1.29 is 4.74 Å². The Morgan fingerprint density at radius 1 is 1.00 bits per heavy atom. The normalized spacial score (nSPS) is 18.2. The van der Waals surface area contributed by atoms with Crippen molar-refractivity contribution in [2.45, 2.75) is 32.1 Å². The molecule has 1 aliphatic rings. The summed E-state index contributed by atoms with van der Waals surface area (Å²) in [5.41, 5.74) is 2.96. The molecule has 2 aromatic rings. The Labute approximate surface area is 108 Å². The zero-order chi connectivity index (χ0) is 12.4. The lowest BCUT2D eigenvalue weighted by Crippen LogP contribution is -2.06. The second-order valence-electron chi connectivity index (χ2n) is 5.07. The number of ether oxygens (including phenoxy) is 1. The minimum absolute atomic E-state index is 0.660. The highest BCUT2D eigenvalue weighted by Crippen LogP contribution is 2.34. The van der Waals surface area contributed by atoms with Gasteiger partial charge in [0, 0.05) is 0 Å². The van der Waals surface area contributed by atoms with Gasteiger partial charge >= 0.3 is 0 Å². The fraction of sp³-hybridized carbons (Fsp3) is 0.294. The molecule has 1 unspecified atom stereocenters. The SMILES string of the molecule is CC1CCCc2ccc(Oc3ccccc3)cc21. The lowest BCUT2D eigenvalue weighted by molar-refractivity contribution is 0.478. The molecule has 0 bridgehead atoms. The molecule has 0 aromatic heterocycles. The van der Waals surface area contributed by atoms with E-state index in [9.17, 15) is 0 Å². The summed E-state index contributed by atoms with van der Waals surface area (Å²) in [6, 6.07) is 16.5. The predicted molar refractivity (Wildman–Crippen MR) is 74.3 cm³/mol. The highest BCUT2D eigenvalue weighted by molar-refractivity contribution is 5.41. The lowest BCUT2D eigenvalue weighted by Gasteiger charge is -2.22. The Kier molecular flexibility index (Phi) is 3.06. The molecule has 2 aromatic carbocycles. The van der Waals surface area contributed by atoms with Crippen LogP contribution in [0.25, 0.3) is 0 Å². The summed E-state index contributed by atoms with van der Waals surface area (Å²) >= 11 is 0. The molecular formula is C17H18O. The minimum atomic E-state index is 0.660. The van der Waals surface area contributed by atoms with Crippen molar-refractivity contribution in [3.05, 3.63) is 59.7 Å². The van der Waals surface area contributed by atoms with Crippen LogP contribution in [0.5, 0.6) is 11.5 Å². The van der Waals surface area contributed by atoms with Crippen molar-refractivity contribution in [2.24, 2.45) is 0 Å². The van der Waals surface area contributed by atoms with E-state index in [1.165, 1.54) is 30.4 Å². The molecule has 1 heteroatoms. The maximum atomic E-state index is 5.89. The molecule has 1 nitrogen and oxygen atoms in total. The first-order valence-electron chi connectivity index (χ1n) is 6.68. The quantitative estimate of drug-likeness (QED) is 0.721. The summed E-state index contributed by atoms with van der Waals surface area (Å²) in [4.78, 5) is 0. The largest absolute Gasteiger partial charge is 0.457 e. The van der Waals surface area contributed by atoms with Crippen LogP contribution in [0.4, 0.5) is 0 Å². The maximum Gasteiger partial charge on any atom is 0.127 e. The van der Waals surface area contributed by atoms with Gasteiger partial charge in [-0.3, -0.25) is 0 Å². The van der Waals surface area contributed by atoms with E-state index in [0.717, 1.165) is 11.5 Å². The van der Waals surface area contributed by atoms with Crippen LogP contribution < -0.4 is 4.74 Å². The molecule has 0 N–H and O–H groups in total. The fourth-order valence-corrected chi connectivity index (χ4v) is 2.70. The topological polar surface area (TPSA) is 9.23 Å². The Bertz CT molecular complexity index is 531. The number of rotatable bonds is 2. The molecule has 18 heavy (non-hydrogen) atoms. The smallest absolute Gasteiger partial charge is 0.127 e. The highest BCUT2D eigenvalue weighted by Gasteiger charge is 2.16. The second kappa shape index (κ2) is 4.85. The van der Waals surface area contributed by atoms with E-state index in [2.05, 4.69) is 25.1 Å². The van der Waals surface area contributed by atoms with Crippen molar-refractivity contribution in [2.75, 3.05) is 0 Å². The average molecular weight is 238 g/mol. The van der Waals surface area contributed by atoms with Gasteiger partial charge in [0.25, 0.3) is 0 Å².